The van der Waals surface area contributed by atoms with Gasteiger partial charge in [-0.25, -0.2) is 9.97 Å². The predicted octanol–water partition coefficient (Wildman–Crippen LogP) is 3.40. The van der Waals surface area contributed by atoms with Gasteiger partial charge in [0.15, 0.2) is 0 Å². The molecule has 3 heteroatoms. The lowest BCUT2D eigenvalue weighted by Crippen LogP contribution is -1.96. The van der Waals surface area contributed by atoms with Crippen LogP contribution in [0.5, 0.6) is 0 Å². The minimum Gasteiger partial charge on any atom is -0.240 e. The van der Waals surface area contributed by atoms with Crippen LogP contribution in [0.15, 0.2) is 48.8 Å². The quantitative estimate of drug-likeness (QED) is 0.708. The van der Waals surface area contributed by atoms with Crippen molar-refractivity contribution in [1.29, 1.82) is 5.26 Å². The number of hydrogen-bond donors (Lipinski definition) is 0. The zero-order valence-electron chi connectivity index (χ0n) is 11.2. The van der Waals surface area contributed by atoms with E-state index in [0.29, 0.717) is 5.56 Å². The molecule has 0 bridgehead atoms. The number of nitrogens with zero attached hydrogens (tertiary/aromatic N) is 3. The van der Waals surface area contributed by atoms with Crippen LogP contribution in [-0.2, 0) is 6.42 Å². The highest BCUT2D eigenvalue weighted by Crippen LogP contribution is 2.19. The van der Waals surface area contributed by atoms with Gasteiger partial charge >= 0.3 is 0 Å². The summed E-state index contributed by atoms with van der Waals surface area (Å²) in [6.07, 6.45) is 2.35. The molecule has 0 aliphatic carbocycles. The Bertz CT molecular complexity index is 799. The first kappa shape index (κ1) is 12.3. The molecule has 3 rings (SSSR count). The number of aromatic nitrogens is 2. The van der Waals surface area contributed by atoms with Crippen molar-refractivity contribution in [3.8, 4) is 6.07 Å². The summed E-state index contributed by atoms with van der Waals surface area (Å²) < 4.78 is 0. The van der Waals surface area contributed by atoms with Crippen LogP contribution >= 0.6 is 0 Å². The van der Waals surface area contributed by atoms with Gasteiger partial charge in [-0.1, -0.05) is 23.8 Å². The van der Waals surface area contributed by atoms with Crippen LogP contribution < -0.4 is 0 Å². The second kappa shape index (κ2) is 5.10. The Labute approximate surface area is 117 Å². The molecule has 20 heavy (non-hydrogen) atoms. The smallest absolute Gasteiger partial charge is 0.116 e. The molecule has 0 unspecified atom stereocenters. The average molecular weight is 259 g/mol. The predicted molar refractivity (Wildman–Crippen MR) is 78.2 cm³/mol. The average Bonchev–Trinajstić information content (AvgIpc) is 2.49. The standard InChI is InChI=1S/C17H13N3/c1-12-2-7-16-15(8-12)17(20-11-19-16)9-13-3-5-14(10-18)6-4-13/h2-8,11H,9H2,1H3. The first-order valence-corrected chi connectivity index (χ1v) is 6.45. The van der Waals surface area contributed by atoms with Gasteiger partial charge in [0.2, 0.25) is 0 Å². The van der Waals surface area contributed by atoms with E-state index in [-0.39, 0.29) is 0 Å². The zero-order valence-corrected chi connectivity index (χ0v) is 11.2. The summed E-state index contributed by atoms with van der Waals surface area (Å²) >= 11 is 0. The van der Waals surface area contributed by atoms with Gasteiger partial charge in [0.25, 0.3) is 0 Å². The second-order valence-electron chi connectivity index (χ2n) is 4.83. The first-order valence-electron chi connectivity index (χ1n) is 6.45. The lowest BCUT2D eigenvalue weighted by molar-refractivity contribution is 1.06. The highest BCUT2D eigenvalue weighted by atomic mass is 14.8. The van der Waals surface area contributed by atoms with E-state index in [9.17, 15) is 0 Å². The van der Waals surface area contributed by atoms with E-state index < -0.39 is 0 Å². The molecule has 96 valence electrons. The molecule has 0 aliphatic heterocycles. The van der Waals surface area contributed by atoms with Gasteiger partial charge in [0.1, 0.15) is 6.33 Å². The molecule has 0 atom stereocenters. The van der Waals surface area contributed by atoms with Gasteiger partial charge in [-0.15, -0.1) is 0 Å². The monoisotopic (exact) mass is 259 g/mol. The van der Waals surface area contributed by atoms with E-state index in [1.54, 1.807) is 6.33 Å². The normalized spacial score (nSPS) is 10.4. The Morgan fingerprint density at radius 3 is 2.60 bits per heavy atom. The molecule has 0 N–H and O–H groups in total. The van der Waals surface area contributed by atoms with Crippen molar-refractivity contribution in [1.82, 2.24) is 9.97 Å². The third-order valence-corrected chi connectivity index (χ3v) is 3.33. The number of aryl methyl sites for hydroxylation is 1. The summed E-state index contributed by atoms with van der Waals surface area (Å²) in [7, 11) is 0. The summed E-state index contributed by atoms with van der Waals surface area (Å²) in [5.41, 5.74) is 5.01. The molecular weight excluding hydrogens is 246 g/mol. The number of fused-ring (bicyclic) bond motifs is 1. The van der Waals surface area contributed by atoms with E-state index in [2.05, 4.69) is 35.1 Å². The second-order valence-corrected chi connectivity index (χ2v) is 4.83. The fraction of sp³-hybridized carbons (Fsp3) is 0.118. The third-order valence-electron chi connectivity index (χ3n) is 3.33. The van der Waals surface area contributed by atoms with Crippen LogP contribution in [0.3, 0.4) is 0 Å². The molecule has 0 saturated heterocycles. The fourth-order valence-electron chi connectivity index (χ4n) is 2.26. The van der Waals surface area contributed by atoms with Crippen LogP contribution in [0.2, 0.25) is 0 Å². The summed E-state index contributed by atoms with van der Waals surface area (Å²) in [4.78, 5) is 8.71. The summed E-state index contributed by atoms with van der Waals surface area (Å²) in [6, 6.07) is 16.0. The minimum atomic E-state index is 0.678. The Morgan fingerprint density at radius 1 is 1.05 bits per heavy atom. The van der Waals surface area contributed by atoms with Crippen molar-refractivity contribution < 1.29 is 0 Å². The molecule has 0 radical (unpaired) electrons. The third kappa shape index (κ3) is 2.36. The highest BCUT2D eigenvalue weighted by molar-refractivity contribution is 5.81. The van der Waals surface area contributed by atoms with E-state index in [0.717, 1.165) is 28.6 Å². The minimum absolute atomic E-state index is 0.678. The molecule has 1 heterocycles. The number of hydrogen-bond acceptors (Lipinski definition) is 3. The molecule has 0 amide bonds. The number of benzene rings is 2. The van der Waals surface area contributed by atoms with Crippen LogP contribution in [0.1, 0.15) is 22.4 Å². The van der Waals surface area contributed by atoms with E-state index in [1.165, 1.54) is 5.56 Å². The SMILES string of the molecule is Cc1ccc2ncnc(Cc3ccc(C#N)cc3)c2c1. The Morgan fingerprint density at radius 2 is 1.85 bits per heavy atom. The maximum atomic E-state index is 8.82. The maximum absolute atomic E-state index is 8.82. The Kier molecular flexibility index (Phi) is 3.14. The maximum Gasteiger partial charge on any atom is 0.116 e. The Hall–Kier alpha value is -2.73. The highest BCUT2D eigenvalue weighted by Gasteiger charge is 2.05. The molecule has 1 aromatic heterocycles. The Balaban J connectivity index is 2.01. The number of nitriles is 1. The van der Waals surface area contributed by atoms with Crippen LogP contribution in [-0.4, -0.2) is 9.97 Å². The van der Waals surface area contributed by atoms with Crippen molar-refractivity contribution in [2.75, 3.05) is 0 Å². The van der Waals surface area contributed by atoms with E-state index in [1.807, 2.05) is 30.3 Å². The van der Waals surface area contributed by atoms with Gasteiger partial charge in [-0.3, -0.25) is 0 Å². The number of rotatable bonds is 2. The molecular formula is C17H13N3. The fourth-order valence-corrected chi connectivity index (χ4v) is 2.26. The zero-order chi connectivity index (χ0) is 13.9. The lowest BCUT2D eigenvalue weighted by atomic mass is 10.0. The van der Waals surface area contributed by atoms with Gasteiger partial charge < -0.3 is 0 Å². The van der Waals surface area contributed by atoms with Crippen LogP contribution in [0.25, 0.3) is 10.9 Å². The van der Waals surface area contributed by atoms with Gasteiger partial charge in [0, 0.05) is 11.8 Å². The van der Waals surface area contributed by atoms with E-state index >= 15 is 0 Å². The van der Waals surface area contributed by atoms with Crippen LogP contribution in [0.4, 0.5) is 0 Å². The van der Waals surface area contributed by atoms with Crippen molar-refractivity contribution in [3.63, 3.8) is 0 Å². The molecule has 2 aromatic carbocycles. The molecule has 0 spiro atoms. The summed E-state index contributed by atoms with van der Waals surface area (Å²) in [5.74, 6) is 0. The first-order chi connectivity index (χ1) is 9.76. The summed E-state index contributed by atoms with van der Waals surface area (Å²) in [6.45, 7) is 2.07. The molecule has 0 saturated carbocycles. The van der Waals surface area contributed by atoms with Gasteiger partial charge in [0.05, 0.1) is 22.8 Å². The van der Waals surface area contributed by atoms with Crippen LogP contribution in [0, 0.1) is 18.3 Å². The van der Waals surface area contributed by atoms with Crippen molar-refractivity contribution in [2.24, 2.45) is 0 Å². The van der Waals surface area contributed by atoms with Gasteiger partial charge in [-0.2, -0.15) is 5.26 Å². The molecule has 3 nitrogen and oxygen atoms in total. The van der Waals surface area contributed by atoms with Gasteiger partial charge in [-0.05, 0) is 36.8 Å². The van der Waals surface area contributed by atoms with Crippen molar-refractivity contribution in [2.45, 2.75) is 13.3 Å². The molecule has 0 aliphatic rings. The van der Waals surface area contributed by atoms with E-state index in [4.69, 9.17) is 5.26 Å². The largest absolute Gasteiger partial charge is 0.240 e. The molecule has 3 aromatic rings. The van der Waals surface area contributed by atoms with Crippen molar-refractivity contribution >= 4 is 10.9 Å². The van der Waals surface area contributed by atoms with Crippen molar-refractivity contribution in [3.05, 3.63) is 71.2 Å². The molecule has 0 fully saturated rings. The lowest BCUT2D eigenvalue weighted by Gasteiger charge is -2.06. The topological polar surface area (TPSA) is 49.6 Å². The summed E-state index contributed by atoms with van der Waals surface area (Å²) in [5, 5.41) is 9.91.